The average molecular weight is 344 g/mol. The number of aromatic nitrogens is 1. The highest BCUT2D eigenvalue weighted by Crippen LogP contribution is 2.36. The molecule has 0 unspecified atom stereocenters. The molecule has 1 aromatic rings. The highest BCUT2D eigenvalue weighted by atomic mass is 16.3. The molecule has 0 aliphatic heterocycles. The molecule has 0 spiro atoms. The molecule has 1 amide bonds. The van der Waals surface area contributed by atoms with Crippen molar-refractivity contribution in [1.82, 2.24) is 15.6 Å². The Kier molecular flexibility index (Phi) is 5.82. The smallest absolute Gasteiger partial charge is 0.252 e. The molecule has 0 bridgehead atoms. The van der Waals surface area contributed by atoms with Gasteiger partial charge in [-0.3, -0.25) is 4.79 Å². The van der Waals surface area contributed by atoms with Gasteiger partial charge in [-0.05, 0) is 53.7 Å². The van der Waals surface area contributed by atoms with Crippen molar-refractivity contribution in [1.29, 1.82) is 0 Å². The lowest BCUT2D eigenvalue weighted by Gasteiger charge is -2.20. The third-order valence-electron chi connectivity index (χ3n) is 4.31. The minimum atomic E-state index is -0.156. The second-order valence-corrected chi connectivity index (χ2v) is 6.96. The zero-order valence-corrected chi connectivity index (χ0v) is 15.8. The van der Waals surface area contributed by atoms with Crippen molar-refractivity contribution in [2.24, 2.45) is 4.99 Å². The number of allylic oxidation sites excluding steroid dienone is 1. The molecule has 2 N–H and O–H groups in total. The van der Waals surface area contributed by atoms with E-state index in [0.717, 1.165) is 29.7 Å². The first-order chi connectivity index (χ1) is 11.8. The molecular weight excluding hydrogens is 316 g/mol. The van der Waals surface area contributed by atoms with Crippen molar-refractivity contribution >= 4 is 12.6 Å². The molecule has 1 aliphatic carbocycles. The molecular formula is C19H28N4O2. The predicted molar refractivity (Wildman–Crippen MR) is 99.1 cm³/mol. The van der Waals surface area contributed by atoms with E-state index in [0.29, 0.717) is 23.7 Å². The number of carbonyl (C=O) groups is 1. The summed E-state index contributed by atoms with van der Waals surface area (Å²) in [5.74, 6) is 1.03. The number of oxazole rings is 1. The molecule has 25 heavy (non-hydrogen) atoms. The summed E-state index contributed by atoms with van der Waals surface area (Å²) in [7, 11) is 0. The van der Waals surface area contributed by atoms with E-state index in [9.17, 15) is 4.79 Å². The number of nitrogens with one attached hydrogen (secondary N) is 2. The van der Waals surface area contributed by atoms with Crippen LogP contribution in [0.2, 0.25) is 0 Å². The lowest BCUT2D eigenvalue weighted by atomic mass is 9.97. The molecule has 1 heterocycles. The van der Waals surface area contributed by atoms with Crippen LogP contribution in [0.1, 0.15) is 58.5 Å². The quantitative estimate of drug-likeness (QED) is 0.430. The van der Waals surface area contributed by atoms with E-state index in [1.165, 1.54) is 0 Å². The van der Waals surface area contributed by atoms with Crippen LogP contribution in [0.15, 0.2) is 38.2 Å². The first-order valence-corrected chi connectivity index (χ1v) is 8.64. The number of carbonyl (C=O) groups excluding carboxylic acids is 1. The minimum absolute atomic E-state index is 0.0653. The Balaban J connectivity index is 2.23. The van der Waals surface area contributed by atoms with Crippen LogP contribution in [-0.2, 0) is 11.3 Å². The van der Waals surface area contributed by atoms with Gasteiger partial charge in [-0.15, -0.1) is 0 Å². The number of nitrogens with zero attached hydrogens (tertiary/aromatic N) is 2. The Labute approximate surface area is 149 Å². The molecule has 136 valence electrons. The predicted octanol–water partition coefficient (Wildman–Crippen LogP) is 3.40. The SMILES string of the molecule is C=N/C(NC1(C)CC1)=C(\CC)C(C(=O)NCc1nc(C)co1)=C(C)C. The summed E-state index contributed by atoms with van der Waals surface area (Å²) in [5, 5.41) is 6.33. The third kappa shape index (κ3) is 4.81. The summed E-state index contributed by atoms with van der Waals surface area (Å²) in [4.78, 5) is 21.2. The number of amides is 1. The van der Waals surface area contributed by atoms with Crippen molar-refractivity contribution in [2.75, 3.05) is 0 Å². The van der Waals surface area contributed by atoms with Crippen LogP contribution >= 0.6 is 0 Å². The number of rotatable bonds is 8. The monoisotopic (exact) mass is 344 g/mol. The van der Waals surface area contributed by atoms with Crippen molar-refractivity contribution in [2.45, 2.75) is 66.0 Å². The second-order valence-electron chi connectivity index (χ2n) is 6.96. The van der Waals surface area contributed by atoms with Crippen molar-refractivity contribution in [3.63, 3.8) is 0 Å². The van der Waals surface area contributed by atoms with Gasteiger partial charge in [0, 0.05) is 16.7 Å². The van der Waals surface area contributed by atoms with E-state index >= 15 is 0 Å². The third-order valence-corrected chi connectivity index (χ3v) is 4.31. The van der Waals surface area contributed by atoms with Gasteiger partial charge < -0.3 is 15.1 Å². The maximum absolute atomic E-state index is 12.8. The standard InChI is InChI=1S/C19H28N4O2/c1-7-14(17(20-6)23-19(5)8-9-19)16(12(2)3)18(24)21-10-15-22-13(4)11-25-15/h11,23H,6-10H2,1-5H3,(H,21,24)/b17-14-. The molecule has 0 saturated heterocycles. The lowest BCUT2D eigenvalue weighted by Crippen LogP contribution is -2.30. The Bertz CT molecular complexity index is 720. The van der Waals surface area contributed by atoms with E-state index in [4.69, 9.17) is 4.42 Å². The molecule has 1 saturated carbocycles. The van der Waals surface area contributed by atoms with E-state index in [1.54, 1.807) is 6.26 Å². The fourth-order valence-electron chi connectivity index (χ4n) is 2.67. The minimum Gasteiger partial charge on any atom is -0.447 e. The Morgan fingerprint density at radius 3 is 2.56 bits per heavy atom. The molecule has 6 nitrogen and oxygen atoms in total. The van der Waals surface area contributed by atoms with Crippen LogP contribution in [0.4, 0.5) is 0 Å². The first-order valence-electron chi connectivity index (χ1n) is 8.64. The van der Waals surface area contributed by atoms with Crippen LogP contribution in [0.25, 0.3) is 0 Å². The van der Waals surface area contributed by atoms with Crippen molar-refractivity contribution in [3.8, 4) is 0 Å². The molecule has 2 rings (SSSR count). The largest absolute Gasteiger partial charge is 0.447 e. The van der Waals surface area contributed by atoms with Crippen LogP contribution in [0.3, 0.4) is 0 Å². The van der Waals surface area contributed by atoms with Crippen LogP contribution < -0.4 is 10.6 Å². The van der Waals surface area contributed by atoms with E-state index < -0.39 is 0 Å². The molecule has 0 atom stereocenters. The lowest BCUT2D eigenvalue weighted by molar-refractivity contribution is -0.117. The zero-order chi connectivity index (χ0) is 18.6. The Morgan fingerprint density at radius 2 is 2.12 bits per heavy atom. The van der Waals surface area contributed by atoms with Crippen LogP contribution in [0.5, 0.6) is 0 Å². The highest BCUT2D eigenvalue weighted by molar-refractivity contribution is 5.98. The second kappa shape index (κ2) is 7.68. The molecule has 1 fully saturated rings. The van der Waals surface area contributed by atoms with Gasteiger partial charge in [0.05, 0.1) is 12.2 Å². The summed E-state index contributed by atoms with van der Waals surface area (Å²) in [6.07, 6.45) is 4.45. The van der Waals surface area contributed by atoms with Gasteiger partial charge in [0.15, 0.2) is 0 Å². The summed E-state index contributed by atoms with van der Waals surface area (Å²) in [6.45, 7) is 13.8. The van der Waals surface area contributed by atoms with E-state index in [-0.39, 0.29) is 18.0 Å². The number of aliphatic imine (C=N–C) groups is 1. The van der Waals surface area contributed by atoms with Gasteiger partial charge >= 0.3 is 0 Å². The summed E-state index contributed by atoms with van der Waals surface area (Å²) < 4.78 is 5.29. The number of aryl methyl sites for hydroxylation is 1. The fourth-order valence-corrected chi connectivity index (χ4v) is 2.67. The topological polar surface area (TPSA) is 79.5 Å². The highest BCUT2D eigenvalue weighted by Gasteiger charge is 2.38. The van der Waals surface area contributed by atoms with Gasteiger partial charge in [-0.2, -0.15) is 0 Å². The maximum Gasteiger partial charge on any atom is 0.252 e. The molecule has 1 aliphatic rings. The molecule has 0 aromatic carbocycles. The number of hydrogen-bond acceptors (Lipinski definition) is 5. The van der Waals surface area contributed by atoms with Crippen LogP contribution in [0, 0.1) is 6.92 Å². The van der Waals surface area contributed by atoms with Gasteiger partial charge in [-0.1, -0.05) is 12.5 Å². The first kappa shape index (κ1) is 19.0. The Morgan fingerprint density at radius 1 is 1.44 bits per heavy atom. The number of hydrogen-bond donors (Lipinski definition) is 2. The van der Waals surface area contributed by atoms with Crippen LogP contribution in [-0.4, -0.2) is 23.1 Å². The zero-order valence-electron chi connectivity index (χ0n) is 15.8. The van der Waals surface area contributed by atoms with Gasteiger partial charge in [0.2, 0.25) is 5.89 Å². The van der Waals surface area contributed by atoms with E-state index in [1.807, 2.05) is 27.7 Å². The van der Waals surface area contributed by atoms with Crippen molar-refractivity contribution in [3.05, 3.63) is 40.4 Å². The maximum atomic E-state index is 12.8. The summed E-state index contributed by atoms with van der Waals surface area (Å²) in [6, 6.07) is 0. The average Bonchev–Trinajstić information content (AvgIpc) is 3.14. The van der Waals surface area contributed by atoms with E-state index in [2.05, 4.69) is 34.3 Å². The fraction of sp³-hybridized carbons (Fsp3) is 0.526. The molecule has 0 radical (unpaired) electrons. The van der Waals surface area contributed by atoms with Gasteiger partial charge in [0.1, 0.15) is 12.1 Å². The van der Waals surface area contributed by atoms with Gasteiger partial charge in [0.25, 0.3) is 5.91 Å². The summed E-state index contributed by atoms with van der Waals surface area (Å²) >= 11 is 0. The normalized spacial score (nSPS) is 15.9. The van der Waals surface area contributed by atoms with Gasteiger partial charge in [-0.25, -0.2) is 9.98 Å². The molecule has 6 heteroatoms. The Hall–Kier alpha value is -2.37. The molecule has 1 aromatic heterocycles. The summed E-state index contributed by atoms with van der Waals surface area (Å²) in [5.41, 5.74) is 3.31. The van der Waals surface area contributed by atoms with Crippen molar-refractivity contribution < 1.29 is 9.21 Å².